The number of ether oxygens (including phenoxy) is 2. The fourth-order valence-corrected chi connectivity index (χ4v) is 8.02. The molecule has 2 bridgehead atoms. The Morgan fingerprint density at radius 3 is 2.38 bits per heavy atom. The number of aliphatic hydroxyl groups excluding tert-OH is 1. The number of esters is 1. The second-order valence-electron chi connectivity index (χ2n) is 14.1. The number of nitrogens with zero attached hydrogens (tertiary/aromatic N) is 2. The Morgan fingerprint density at radius 1 is 1.28 bits per heavy atom. The Labute approximate surface area is 235 Å². The predicted molar refractivity (Wildman–Crippen MR) is 151 cm³/mol. The predicted octanol–water partition coefficient (Wildman–Crippen LogP) is 4.20. The molecular weight excluding hydrogens is 496 g/mol. The summed E-state index contributed by atoms with van der Waals surface area (Å²) in [5.41, 5.74) is -2.71. The van der Waals surface area contributed by atoms with Crippen LogP contribution in [0, 0.1) is 29.1 Å². The highest BCUT2D eigenvalue weighted by Crippen LogP contribution is 2.66. The number of fused-ring (bicyclic) bond motifs is 1. The lowest BCUT2D eigenvalue weighted by atomic mass is 9.62. The van der Waals surface area contributed by atoms with Gasteiger partial charge in [0.15, 0.2) is 0 Å². The Bertz CT molecular complexity index is 973. The van der Waals surface area contributed by atoms with Gasteiger partial charge in [-0.25, -0.2) is 0 Å². The fraction of sp³-hybridized carbons (Fsp3) is 0.839. The van der Waals surface area contributed by atoms with Crippen molar-refractivity contribution >= 4 is 17.8 Å². The summed E-state index contributed by atoms with van der Waals surface area (Å²) in [6.07, 6.45) is 3.64. The van der Waals surface area contributed by atoms with Crippen LogP contribution in [0.4, 0.5) is 0 Å². The normalized spacial score (nSPS) is 33.6. The van der Waals surface area contributed by atoms with Gasteiger partial charge in [0.2, 0.25) is 11.8 Å². The number of likely N-dealkylation sites (tertiary alicyclic amines) is 1. The second kappa shape index (κ2) is 10.8. The van der Waals surface area contributed by atoms with Crippen molar-refractivity contribution in [3.05, 3.63) is 12.7 Å². The smallest absolute Gasteiger partial charge is 0.312 e. The van der Waals surface area contributed by atoms with Crippen molar-refractivity contribution in [3.8, 4) is 0 Å². The van der Waals surface area contributed by atoms with Gasteiger partial charge in [0.25, 0.3) is 0 Å². The van der Waals surface area contributed by atoms with Crippen LogP contribution >= 0.6 is 0 Å². The van der Waals surface area contributed by atoms with E-state index in [1.54, 1.807) is 17.9 Å². The molecule has 3 aliphatic heterocycles. The molecule has 2 amide bonds. The highest BCUT2D eigenvalue weighted by molar-refractivity contribution is 5.99. The van der Waals surface area contributed by atoms with Crippen molar-refractivity contribution in [2.75, 3.05) is 19.8 Å². The van der Waals surface area contributed by atoms with Crippen molar-refractivity contribution in [1.82, 2.24) is 9.80 Å². The number of carbonyl (C=O) groups excluding carboxylic acids is 3. The lowest BCUT2D eigenvalue weighted by Gasteiger charge is -2.47. The average molecular weight is 549 g/mol. The van der Waals surface area contributed by atoms with E-state index in [2.05, 4.69) is 27.4 Å². The standard InChI is InChI=1S/C31H52N2O6/c1-12-15-32(29(9,10)18-28(6,7)8)26(36)24-31-16-20(5)30(11,39-31)23(27(37)38-14-3)22(31)25(35)33(24)21(17-34)19(4)13-2/h12,19-24,34H,1,13-18H2,2-11H3/t19-,20?,21-,22-,23-,24?,30+,31?/m0/s1. The van der Waals surface area contributed by atoms with Crippen LogP contribution in [-0.4, -0.2) is 81.3 Å². The third-order valence-corrected chi connectivity index (χ3v) is 9.64. The molecule has 3 aliphatic rings. The third kappa shape index (κ3) is 5.05. The molecule has 222 valence electrons. The lowest BCUT2D eigenvalue weighted by molar-refractivity contribution is -0.165. The molecule has 0 aromatic heterocycles. The molecular formula is C31H52N2O6. The van der Waals surface area contributed by atoms with E-state index in [-0.39, 0.29) is 42.3 Å². The number of aliphatic hydroxyl groups is 1. The summed E-state index contributed by atoms with van der Waals surface area (Å²) >= 11 is 0. The van der Waals surface area contributed by atoms with Gasteiger partial charge < -0.3 is 24.4 Å². The largest absolute Gasteiger partial charge is 0.466 e. The Hall–Kier alpha value is -1.93. The first-order valence-electron chi connectivity index (χ1n) is 14.7. The minimum absolute atomic E-state index is 0.0567. The van der Waals surface area contributed by atoms with E-state index in [9.17, 15) is 19.5 Å². The molecule has 1 spiro atoms. The van der Waals surface area contributed by atoms with Crippen LogP contribution in [-0.2, 0) is 23.9 Å². The molecule has 39 heavy (non-hydrogen) atoms. The van der Waals surface area contributed by atoms with Crippen LogP contribution < -0.4 is 0 Å². The van der Waals surface area contributed by atoms with E-state index in [1.165, 1.54) is 0 Å². The zero-order chi connectivity index (χ0) is 29.7. The van der Waals surface area contributed by atoms with Crippen LogP contribution in [0.5, 0.6) is 0 Å². The number of hydrogen-bond donors (Lipinski definition) is 1. The summed E-state index contributed by atoms with van der Waals surface area (Å²) < 4.78 is 12.3. The van der Waals surface area contributed by atoms with Gasteiger partial charge in [0, 0.05) is 12.1 Å². The van der Waals surface area contributed by atoms with Gasteiger partial charge in [-0.15, -0.1) is 6.58 Å². The highest BCUT2D eigenvalue weighted by atomic mass is 16.6. The summed E-state index contributed by atoms with van der Waals surface area (Å²) in [7, 11) is 0. The number of carbonyl (C=O) groups is 3. The molecule has 3 saturated heterocycles. The molecule has 8 nitrogen and oxygen atoms in total. The van der Waals surface area contributed by atoms with Gasteiger partial charge in [-0.05, 0) is 57.8 Å². The van der Waals surface area contributed by atoms with E-state index < -0.39 is 46.6 Å². The van der Waals surface area contributed by atoms with Crippen molar-refractivity contribution in [2.45, 2.75) is 117 Å². The first-order valence-corrected chi connectivity index (χ1v) is 14.7. The van der Waals surface area contributed by atoms with Gasteiger partial charge in [-0.3, -0.25) is 14.4 Å². The molecule has 0 aromatic carbocycles. The maximum absolute atomic E-state index is 14.9. The molecule has 0 aromatic rings. The summed E-state index contributed by atoms with van der Waals surface area (Å²) in [4.78, 5) is 46.2. The molecule has 3 fully saturated rings. The average Bonchev–Trinajstić information content (AvgIpc) is 3.33. The Morgan fingerprint density at radius 2 is 1.90 bits per heavy atom. The van der Waals surface area contributed by atoms with E-state index in [0.717, 1.165) is 12.8 Å². The zero-order valence-electron chi connectivity index (χ0n) is 25.9. The monoisotopic (exact) mass is 548 g/mol. The van der Waals surface area contributed by atoms with Crippen molar-refractivity contribution < 1.29 is 29.0 Å². The van der Waals surface area contributed by atoms with E-state index >= 15 is 0 Å². The van der Waals surface area contributed by atoms with Gasteiger partial charge >= 0.3 is 5.97 Å². The van der Waals surface area contributed by atoms with Crippen LogP contribution in [0.1, 0.15) is 88.5 Å². The minimum Gasteiger partial charge on any atom is -0.466 e. The summed E-state index contributed by atoms with van der Waals surface area (Å²) in [6, 6.07) is -1.55. The quantitative estimate of drug-likeness (QED) is 0.307. The van der Waals surface area contributed by atoms with Gasteiger partial charge in [-0.2, -0.15) is 0 Å². The third-order valence-electron chi connectivity index (χ3n) is 9.64. The maximum atomic E-state index is 14.9. The maximum Gasteiger partial charge on any atom is 0.312 e. The zero-order valence-corrected chi connectivity index (χ0v) is 25.9. The SMILES string of the molecule is C=CCN(C(=O)C1N([C@@H](CO)[C@@H](C)CC)C(=O)[C@@H]2[C@@H](C(=O)OCC)[C@]3(C)OC12CC3C)C(C)(C)CC(C)(C)C. The topological polar surface area (TPSA) is 96.4 Å². The van der Waals surface area contributed by atoms with Crippen molar-refractivity contribution in [1.29, 1.82) is 0 Å². The fourth-order valence-electron chi connectivity index (χ4n) is 8.02. The molecule has 0 saturated carbocycles. The molecule has 8 heteroatoms. The van der Waals surface area contributed by atoms with Gasteiger partial charge in [0.1, 0.15) is 17.6 Å². The Kier molecular flexibility index (Phi) is 8.76. The molecule has 0 aliphatic carbocycles. The molecule has 3 rings (SSSR count). The van der Waals surface area contributed by atoms with Crippen LogP contribution in [0.25, 0.3) is 0 Å². The number of rotatable bonds is 11. The molecule has 3 unspecified atom stereocenters. The van der Waals surface area contributed by atoms with Gasteiger partial charge in [0.05, 0.1) is 30.8 Å². The first-order chi connectivity index (χ1) is 18.0. The molecule has 3 heterocycles. The molecule has 1 N–H and O–H groups in total. The van der Waals surface area contributed by atoms with Crippen molar-refractivity contribution in [2.24, 2.45) is 29.1 Å². The number of hydrogen-bond acceptors (Lipinski definition) is 6. The van der Waals surface area contributed by atoms with E-state index in [1.807, 2.05) is 46.4 Å². The van der Waals surface area contributed by atoms with E-state index in [4.69, 9.17) is 9.47 Å². The van der Waals surface area contributed by atoms with Crippen molar-refractivity contribution in [3.63, 3.8) is 0 Å². The number of amides is 2. The summed E-state index contributed by atoms with van der Waals surface area (Å²) in [6.45, 7) is 24.3. The minimum atomic E-state index is -1.18. The lowest BCUT2D eigenvalue weighted by Crippen LogP contribution is -2.63. The molecule has 0 radical (unpaired) electrons. The van der Waals surface area contributed by atoms with Crippen LogP contribution in [0.3, 0.4) is 0 Å². The van der Waals surface area contributed by atoms with Gasteiger partial charge in [-0.1, -0.05) is 54.0 Å². The highest BCUT2D eigenvalue weighted by Gasteiger charge is 2.81. The Balaban J connectivity index is 2.24. The second-order valence-corrected chi connectivity index (χ2v) is 14.1. The molecule has 8 atom stereocenters. The first kappa shape index (κ1) is 31.6. The van der Waals surface area contributed by atoms with E-state index in [0.29, 0.717) is 13.0 Å². The van der Waals surface area contributed by atoms with Crippen LogP contribution in [0.2, 0.25) is 0 Å². The van der Waals surface area contributed by atoms with Crippen LogP contribution in [0.15, 0.2) is 12.7 Å². The summed E-state index contributed by atoms with van der Waals surface area (Å²) in [5.74, 6) is -2.78. The summed E-state index contributed by atoms with van der Waals surface area (Å²) in [5, 5.41) is 10.6.